The summed E-state index contributed by atoms with van der Waals surface area (Å²) >= 11 is 2.09. The predicted molar refractivity (Wildman–Crippen MR) is 61.6 cm³/mol. The molecule has 0 spiro atoms. The Labute approximate surface area is 100 Å². The Hall–Kier alpha value is -1.11. The zero-order valence-corrected chi connectivity index (χ0v) is 9.84. The fourth-order valence-electron chi connectivity index (χ4n) is 1.18. The highest BCUT2D eigenvalue weighted by Crippen LogP contribution is 2.13. The third-order valence-electron chi connectivity index (χ3n) is 1.93. The van der Waals surface area contributed by atoms with Crippen molar-refractivity contribution in [3.63, 3.8) is 0 Å². The third-order valence-corrected chi connectivity index (χ3v) is 2.60. The molecule has 0 fully saturated rings. The second kappa shape index (κ2) is 5.11. The van der Waals surface area contributed by atoms with Gasteiger partial charge in [-0.05, 0) is 46.7 Å². The highest BCUT2D eigenvalue weighted by molar-refractivity contribution is 14.1. The van der Waals surface area contributed by atoms with Gasteiger partial charge in [0.1, 0.15) is 0 Å². The zero-order valence-electron chi connectivity index (χ0n) is 7.68. The molecule has 15 heavy (non-hydrogen) atoms. The molecular formula is C10H9IO4. The smallest absolute Gasteiger partial charge is 0.318 e. The number of carboxylic acids is 2. The van der Waals surface area contributed by atoms with E-state index < -0.39 is 17.9 Å². The molecule has 0 saturated heterocycles. The lowest BCUT2D eigenvalue weighted by atomic mass is 10.00. The van der Waals surface area contributed by atoms with E-state index in [0.29, 0.717) is 0 Å². The SMILES string of the molecule is O=C(O)C(Cc1cccc(I)c1)C(=O)O. The number of carboxylic acid groups (broad SMARTS) is 2. The van der Waals surface area contributed by atoms with Crippen LogP contribution in [0, 0.1) is 9.49 Å². The van der Waals surface area contributed by atoms with Crippen LogP contribution in [0.15, 0.2) is 24.3 Å². The Bertz CT molecular complexity index is 375. The molecule has 1 aromatic rings. The normalized spacial score (nSPS) is 10.3. The van der Waals surface area contributed by atoms with Crippen molar-refractivity contribution in [3.05, 3.63) is 33.4 Å². The van der Waals surface area contributed by atoms with E-state index in [1.54, 1.807) is 18.2 Å². The minimum Gasteiger partial charge on any atom is -0.481 e. The lowest BCUT2D eigenvalue weighted by molar-refractivity contribution is -0.154. The number of halogens is 1. The number of rotatable bonds is 4. The molecule has 1 rings (SSSR count). The fourth-order valence-corrected chi connectivity index (χ4v) is 1.79. The highest BCUT2D eigenvalue weighted by atomic mass is 127. The van der Waals surface area contributed by atoms with E-state index in [2.05, 4.69) is 22.6 Å². The van der Waals surface area contributed by atoms with E-state index in [4.69, 9.17) is 10.2 Å². The predicted octanol–water partition coefficient (Wildman–Crippen LogP) is 1.62. The van der Waals surface area contributed by atoms with Crippen LogP contribution in [0.4, 0.5) is 0 Å². The largest absolute Gasteiger partial charge is 0.481 e. The minimum atomic E-state index is -1.37. The van der Waals surface area contributed by atoms with Crippen molar-refractivity contribution in [1.29, 1.82) is 0 Å². The molecule has 0 bridgehead atoms. The second-order valence-electron chi connectivity index (χ2n) is 3.06. The molecule has 0 atom stereocenters. The summed E-state index contributed by atoms with van der Waals surface area (Å²) in [5.41, 5.74) is 0.719. The molecule has 5 heteroatoms. The maximum absolute atomic E-state index is 10.6. The number of hydrogen-bond donors (Lipinski definition) is 2. The maximum Gasteiger partial charge on any atom is 0.318 e. The average molecular weight is 320 g/mol. The standard InChI is InChI=1S/C10H9IO4/c11-7-3-1-2-6(4-7)5-8(9(12)13)10(14)15/h1-4,8H,5H2,(H,12,13)(H,14,15). The van der Waals surface area contributed by atoms with Crippen molar-refractivity contribution in [2.45, 2.75) is 6.42 Å². The van der Waals surface area contributed by atoms with Gasteiger partial charge in [0, 0.05) is 3.57 Å². The van der Waals surface area contributed by atoms with E-state index >= 15 is 0 Å². The molecule has 80 valence electrons. The zero-order chi connectivity index (χ0) is 11.4. The van der Waals surface area contributed by atoms with Crippen molar-refractivity contribution in [2.75, 3.05) is 0 Å². The molecule has 1 aromatic carbocycles. The van der Waals surface area contributed by atoms with E-state index in [1.165, 1.54) is 0 Å². The summed E-state index contributed by atoms with van der Waals surface area (Å²) < 4.78 is 0.958. The van der Waals surface area contributed by atoms with Crippen LogP contribution >= 0.6 is 22.6 Å². The summed E-state index contributed by atoms with van der Waals surface area (Å²) in [6.45, 7) is 0. The molecule has 0 aliphatic rings. The van der Waals surface area contributed by atoms with Gasteiger partial charge in [0.2, 0.25) is 0 Å². The summed E-state index contributed by atoms with van der Waals surface area (Å²) in [6.07, 6.45) is 0.0154. The van der Waals surface area contributed by atoms with Gasteiger partial charge in [-0.15, -0.1) is 0 Å². The van der Waals surface area contributed by atoms with Crippen LogP contribution in [0.3, 0.4) is 0 Å². The average Bonchev–Trinajstić information content (AvgIpc) is 2.13. The number of benzene rings is 1. The van der Waals surface area contributed by atoms with E-state index in [0.717, 1.165) is 9.13 Å². The summed E-state index contributed by atoms with van der Waals surface area (Å²) in [4.78, 5) is 21.3. The van der Waals surface area contributed by atoms with Crippen LogP contribution in [0.2, 0.25) is 0 Å². The quantitative estimate of drug-likeness (QED) is 0.653. The molecule has 2 N–H and O–H groups in total. The van der Waals surface area contributed by atoms with Gasteiger partial charge in [-0.3, -0.25) is 9.59 Å². The maximum atomic E-state index is 10.6. The highest BCUT2D eigenvalue weighted by Gasteiger charge is 2.25. The Morgan fingerprint density at radius 2 is 1.87 bits per heavy atom. The topological polar surface area (TPSA) is 74.6 Å². The first-order valence-corrected chi connectivity index (χ1v) is 5.28. The first kappa shape index (κ1) is 12.0. The van der Waals surface area contributed by atoms with Crippen molar-refractivity contribution in [1.82, 2.24) is 0 Å². The molecular weight excluding hydrogens is 311 g/mol. The van der Waals surface area contributed by atoms with E-state index in [1.807, 2.05) is 6.07 Å². The lowest BCUT2D eigenvalue weighted by Gasteiger charge is -2.07. The molecule has 0 amide bonds. The van der Waals surface area contributed by atoms with Crippen LogP contribution in [-0.2, 0) is 16.0 Å². The van der Waals surface area contributed by atoms with Crippen LogP contribution in [0.25, 0.3) is 0 Å². The molecule has 0 aromatic heterocycles. The van der Waals surface area contributed by atoms with Crippen LogP contribution in [0.1, 0.15) is 5.56 Å². The van der Waals surface area contributed by atoms with Gasteiger partial charge in [-0.25, -0.2) is 0 Å². The minimum absolute atomic E-state index is 0.0154. The van der Waals surface area contributed by atoms with E-state index in [-0.39, 0.29) is 6.42 Å². The molecule has 0 unspecified atom stereocenters. The second-order valence-corrected chi connectivity index (χ2v) is 4.31. The van der Waals surface area contributed by atoms with Crippen LogP contribution < -0.4 is 0 Å². The molecule has 0 radical (unpaired) electrons. The van der Waals surface area contributed by atoms with Gasteiger partial charge in [-0.1, -0.05) is 12.1 Å². The van der Waals surface area contributed by atoms with Crippen LogP contribution in [0.5, 0.6) is 0 Å². The number of carbonyl (C=O) groups is 2. The first-order chi connectivity index (χ1) is 7.00. The van der Waals surface area contributed by atoms with Gasteiger partial charge in [0.15, 0.2) is 5.92 Å². The summed E-state index contributed by atoms with van der Waals surface area (Å²) in [7, 11) is 0. The number of hydrogen-bond acceptors (Lipinski definition) is 2. The van der Waals surface area contributed by atoms with Crippen molar-refractivity contribution >= 4 is 34.5 Å². The molecule has 0 saturated carbocycles. The van der Waals surface area contributed by atoms with Crippen molar-refractivity contribution in [3.8, 4) is 0 Å². The summed E-state index contributed by atoms with van der Waals surface area (Å²) in [5.74, 6) is -3.98. The first-order valence-electron chi connectivity index (χ1n) is 4.20. The number of aliphatic carboxylic acids is 2. The van der Waals surface area contributed by atoms with Gasteiger partial charge in [0.25, 0.3) is 0 Å². The summed E-state index contributed by atoms with van der Waals surface area (Å²) in [6, 6.07) is 7.14. The fraction of sp³-hybridized carbons (Fsp3) is 0.200. The Morgan fingerprint density at radius 3 is 2.33 bits per heavy atom. The van der Waals surface area contributed by atoms with Gasteiger partial charge in [0.05, 0.1) is 0 Å². The molecule has 0 aliphatic heterocycles. The molecule has 4 nitrogen and oxygen atoms in total. The Morgan fingerprint density at radius 1 is 1.27 bits per heavy atom. The third kappa shape index (κ3) is 3.50. The van der Waals surface area contributed by atoms with Crippen molar-refractivity contribution < 1.29 is 19.8 Å². The van der Waals surface area contributed by atoms with Crippen molar-refractivity contribution in [2.24, 2.45) is 5.92 Å². The van der Waals surface area contributed by atoms with E-state index in [9.17, 15) is 9.59 Å². The summed E-state index contributed by atoms with van der Waals surface area (Å²) in [5, 5.41) is 17.4. The lowest BCUT2D eigenvalue weighted by Crippen LogP contribution is -2.25. The van der Waals surface area contributed by atoms with Gasteiger partial charge < -0.3 is 10.2 Å². The monoisotopic (exact) mass is 320 g/mol. The Kier molecular flexibility index (Phi) is 4.07. The Balaban J connectivity index is 2.83. The van der Waals surface area contributed by atoms with Crippen LogP contribution in [-0.4, -0.2) is 22.2 Å². The molecule has 0 aliphatic carbocycles. The molecule has 0 heterocycles. The van der Waals surface area contributed by atoms with Gasteiger partial charge in [-0.2, -0.15) is 0 Å². The van der Waals surface area contributed by atoms with Gasteiger partial charge >= 0.3 is 11.9 Å².